The second-order valence-electron chi connectivity index (χ2n) is 2.68. The lowest BCUT2D eigenvalue weighted by Gasteiger charge is -2.00. The van der Waals surface area contributed by atoms with Gasteiger partial charge in [0.05, 0.1) is 0 Å². The van der Waals surface area contributed by atoms with E-state index in [9.17, 15) is 13.6 Å². The van der Waals surface area contributed by atoms with Crippen LogP contribution in [0.3, 0.4) is 0 Å². The van der Waals surface area contributed by atoms with Crippen molar-refractivity contribution in [2.75, 3.05) is 0 Å². The van der Waals surface area contributed by atoms with Gasteiger partial charge in [0.25, 0.3) is 0 Å². The van der Waals surface area contributed by atoms with Gasteiger partial charge in [0.2, 0.25) is 0 Å². The van der Waals surface area contributed by atoms with Gasteiger partial charge in [0.1, 0.15) is 5.56 Å². The highest BCUT2D eigenvalue weighted by molar-refractivity contribution is 7.17. The molecule has 5 heteroatoms. The van der Waals surface area contributed by atoms with E-state index >= 15 is 0 Å². The van der Waals surface area contributed by atoms with Crippen molar-refractivity contribution in [3.8, 4) is 0 Å². The molecule has 2 rings (SSSR count). The Kier molecular flexibility index (Phi) is 1.96. The van der Waals surface area contributed by atoms with Crippen LogP contribution in [0.15, 0.2) is 17.5 Å². The van der Waals surface area contributed by atoms with Crippen molar-refractivity contribution >= 4 is 27.4 Å². The molecule has 0 bridgehead atoms. The van der Waals surface area contributed by atoms with Crippen molar-refractivity contribution in [1.29, 1.82) is 0 Å². The van der Waals surface area contributed by atoms with Crippen LogP contribution in [0.4, 0.5) is 8.78 Å². The number of halogens is 2. The van der Waals surface area contributed by atoms with E-state index in [1.165, 1.54) is 17.4 Å². The summed E-state index contributed by atoms with van der Waals surface area (Å²) >= 11 is 1.17. The summed E-state index contributed by atoms with van der Waals surface area (Å²) in [4.78, 5) is 10.7. The first-order chi connectivity index (χ1) is 6.61. The Bertz CT molecular complexity index is 519. The second-order valence-corrected chi connectivity index (χ2v) is 3.63. The lowest BCUT2D eigenvalue weighted by molar-refractivity contribution is 0.0693. The standard InChI is InChI=1S/C9H4F2O2S/c10-5-3-6-4(1-2-14-6)7(8(5)11)9(12)13/h1-3H,(H,12,13). The molecule has 0 radical (unpaired) electrons. The Morgan fingerprint density at radius 3 is 2.79 bits per heavy atom. The molecular weight excluding hydrogens is 210 g/mol. The van der Waals surface area contributed by atoms with Gasteiger partial charge in [-0.1, -0.05) is 0 Å². The average Bonchev–Trinajstić information content (AvgIpc) is 2.52. The van der Waals surface area contributed by atoms with Gasteiger partial charge in [0.15, 0.2) is 11.6 Å². The molecule has 0 aliphatic carbocycles. The van der Waals surface area contributed by atoms with E-state index in [0.717, 1.165) is 6.07 Å². The zero-order chi connectivity index (χ0) is 10.3. The molecule has 1 aromatic carbocycles. The summed E-state index contributed by atoms with van der Waals surface area (Å²) in [6, 6.07) is 2.47. The van der Waals surface area contributed by atoms with Crippen molar-refractivity contribution in [2.24, 2.45) is 0 Å². The molecule has 0 atom stereocenters. The molecule has 2 nitrogen and oxygen atoms in total. The third kappa shape index (κ3) is 1.17. The quantitative estimate of drug-likeness (QED) is 0.792. The first-order valence-electron chi connectivity index (χ1n) is 3.69. The van der Waals surface area contributed by atoms with Crippen LogP contribution >= 0.6 is 11.3 Å². The van der Waals surface area contributed by atoms with Crippen LogP contribution < -0.4 is 0 Å². The summed E-state index contributed by atoms with van der Waals surface area (Å²) in [5, 5.41) is 10.5. The van der Waals surface area contributed by atoms with Gasteiger partial charge in [-0.3, -0.25) is 0 Å². The lowest BCUT2D eigenvalue weighted by Crippen LogP contribution is -2.03. The molecule has 1 N–H and O–H groups in total. The Hall–Kier alpha value is -1.49. The number of rotatable bonds is 1. The minimum absolute atomic E-state index is 0.237. The SMILES string of the molecule is O=C(O)c1c(F)c(F)cc2sccc12. The van der Waals surface area contributed by atoms with Crippen molar-refractivity contribution in [3.05, 3.63) is 34.7 Å². The number of fused-ring (bicyclic) bond motifs is 1. The molecule has 0 amide bonds. The van der Waals surface area contributed by atoms with E-state index in [1.54, 1.807) is 5.38 Å². The highest BCUT2D eigenvalue weighted by atomic mass is 32.1. The Morgan fingerprint density at radius 2 is 2.14 bits per heavy atom. The maximum Gasteiger partial charge on any atom is 0.339 e. The summed E-state index contributed by atoms with van der Waals surface area (Å²) < 4.78 is 26.5. The number of hydrogen-bond acceptors (Lipinski definition) is 2. The van der Waals surface area contributed by atoms with Crippen molar-refractivity contribution in [3.63, 3.8) is 0 Å². The fraction of sp³-hybridized carbons (Fsp3) is 0. The highest BCUT2D eigenvalue weighted by Crippen LogP contribution is 2.28. The van der Waals surface area contributed by atoms with Crippen LogP contribution in [0, 0.1) is 11.6 Å². The second kappa shape index (κ2) is 3.02. The summed E-state index contributed by atoms with van der Waals surface area (Å²) in [6.45, 7) is 0. The molecule has 72 valence electrons. The Balaban J connectivity index is 2.93. The van der Waals surface area contributed by atoms with Crippen LogP contribution in [0.2, 0.25) is 0 Å². The number of carboxylic acids is 1. The minimum atomic E-state index is -1.45. The van der Waals surface area contributed by atoms with Gasteiger partial charge < -0.3 is 5.11 Å². The first kappa shape index (κ1) is 9.08. The van der Waals surface area contributed by atoms with Gasteiger partial charge >= 0.3 is 5.97 Å². The number of thiophene rings is 1. The molecule has 0 aliphatic heterocycles. The van der Waals surface area contributed by atoms with Gasteiger partial charge in [0, 0.05) is 10.1 Å². The Labute approximate surface area is 81.4 Å². The van der Waals surface area contributed by atoms with Crippen molar-refractivity contribution < 1.29 is 18.7 Å². The molecule has 2 aromatic rings. The maximum absolute atomic E-state index is 13.1. The molecular formula is C9H4F2O2S. The van der Waals surface area contributed by atoms with Gasteiger partial charge in [-0.05, 0) is 17.5 Å². The van der Waals surface area contributed by atoms with E-state index in [-0.39, 0.29) is 5.39 Å². The highest BCUT2D eigenvalue weighted by Gasteiger charge is 2.19. The summed E-state index contributed by atoms with van der Waals surface area (Å²) in [5.41, 5.74) is -0.596. The van der Waals surface area contributed by atoms with E-state index in [4.69, 9.17) is 5.11 Å². The first-order valence-corrected chi connectivity index (χ1v) is 4.57. The number of carboxylic acid groups (broad SMARTS) is 1. The third-order valence-corrected chi connectivity index (χ3v) is 2.73. The average molecular weight is 214 g/mol. The van der Waals surface area contributed by atoms with Crippen LogP contribution in [0.25, 0.3) is 10.1 Å². The van der Waals surface area contributed by atoms with Crippen LogP contribution in [-0.2, 0) is 0 Å². The zero-order valence-electron chi connectivity index (χ0n) is 6.75. The molecule has 0 aliphatic rings. The van der Waals surface area contributed by atoms with Gasteiger partial charge in [-0.15, -0.1) is 11.3 Å². The monoisotopic (exact) mass is 214 g/mol. The predicted molar refractivity (Wildman–Crippen MR) is 48.7 cm³/mol. The molecule has 0 fully saturated rings. The maximum atomic E-state index is 13.1. The molecule has 1 aromatic heterocycles. The fourth-order valence-corrected chi connectivity index (χ4v) is 2.08. The van der Waals surface area contributed by atoms with Crippen LogP contribution in [0.1, 0.15) is 10.4 Å². The van der Waals surface area contributed by atoms with Gasteiger partial charge in [-0.25, -0.2) is 13.6 Å². The van der Waals surface area contributed by atoms with Crippen molar-refractivity contribution in [1.82, 2.24) is 0 Å². The molecule has 0 saturated heterocycles. The minimum Gasteiger partial charge on any atom is -0.478 e. The molecule has 0 unspecified atom stereocenters. The normalized spacial score (nSPS) is 10.7. The van der Waals surface area contributed by atoms with Crippen molar-refractivity contribution in [2.45, 2.75) is 0 Å². The number of aromatic carboxylic acids is 1. The molecule has 0 spiro atoms. The fourth-order valence-electron chi connectivity index (χ4n) is 1.26. The molecule has 14 heavy (non-hydrogen) atoms. The van der Waals surface area contributed by atoms with E-state index < -0.39 is 23.2 Å². The van der Waals surface area contributed by atoms with E-state index in [2.05, 4.69) is 0 Å². The van der Waals surface area contributed by atoms with E-state index in [0.29, 0.717) is 4.70 Å². The number of hydrogen-bond donors (Lipinski definition) is 1. The zero-order valence-corrected chi connectivity index (χ0v) is 7.57. The van der Waals surface area contributed by atoms with Crippen LogP contribution in [-0.4, -0.2) is 11.1 Å². The molecule has 0 saturated carbocycles. The lowest BCUT2D eigenvalue weighted by atomic mass is 10.1. The molecule has 1 heterocycles. The van der Waals surface area contributed by atoms with Crippen LogP contribution in [0.5, 0.6) is 0 Å². The number of benzene rings is 1. The predicted octanol–water partition coefficient (Wildman–Crippen LogP) is 2.88. The summed E-state index contributed by atoms with van der Waals surface area (Å²) in [7, 11) is 0. The Morgan fingerprint density at radius 1 is 1.43 bits per heavy atom. The largest absolute Gasteiger partial charge is 0.478 e. The van der Waals surface area contributed by atoms with E-state index in [1.807, 2.05) is 0 Å². The number of carbonyl (C=O) groups is 1. The van der Waals surface area contributed by atoms with Gasteiger partial charge in [-0.2, -0.15) is 0 Å². The third-order valence-electron chi connectivity index (χ3n) is 1.87. The smallest absolute Gasteiger partial charge is 0.339 e. The summed E-state index contributed by atoms with van der Waals surface area (Å²) in [5.74, 6) is -3.88. The summed E-state index contributed by atoms with van der Waals surface area (Å²) in [6.07, 6.45) is 0. The topological polar surface area (TPSA) is 37.3 Å².